The normalized spacial score (nSPS) is 11.1. The fraction of sp³-hybridized carbons (Fsp3) is 0.812. The maximum absolute atomic E-state index is 10.1. The van der Waals surface area contributed by atoms with Crippen LogP contribution in [-0.2, 0) is 4.79 Å². The molecule has 0 aromatic heterocycles. The van der Waals surface area contributed by atoms with E-state index in [4.69, 9.17) is 0 Å². The zero-order valence-corrected chi connectivity index (χ0v) is 11.6. The summed E-state index contributed by atoms with van der Waals surface area (Å²) in [6.07, 6.45) is 20.7. The molecule has 0 aromatic carbocycles. The first-order valence-electron chi connectivity index (χ1n) is 7.50. The second-order valence-electron chi connectivity index (χ2n) is 4.84. The van der Waals surface area contributed by atoms with Crippen LogP contribution in [0.15, 0.2) is 12.2 Å². The number of rotatable bonds is 13. The molecule has 17 heavy (non-hydrogen) atoms. The van der Waals surface area contributed by atoms with Crippen LogP contribution in [0.3, 0.4) is 0 Å². The number of hydrogen-bond donors (Lipinski definition) is 0. The van der Waals surface area contributed by atoms with Crippen molar-refractivity contribution in [1.29, 1.82) is 0 Å². The van der Waals surface area contributed by atoms with Crippen molar-refractivity contribution in [3.63, 3.8) is 0 Å². The van der Waals surface area contributed by atoms with Crippen molar-refractivity contribution in [2.24, 2.45) is 0 Å². The summed E-state index contributed by atoms with van der Waals surface area (Å²) in [5, 5.41) is 0. The third-order valence-electron chi connectivity index (χ3n) is 3.12. The van der Waals surface area contributed by atoms with Crippen LogP contribution in [0.25, 0.3) is 0 Å². The molecule has 0 bridgehead atoms. The Balaban J connectivity index is 2.96. The molecule has 0 aliphatic carbocycles. The first-order chi connectivity index (χ1) is 8.41. The fourth-order valence-electron chi connectivity index (χ4n) is 2.02. The molecule has 100 valence electrons. The topological polar surface area (TPSA) is 17.1 Å². The van der Waals surface area contributed by atoms with Crippen molar-refractivity contribution >= 4 is 6.29 Å². The van der Waals surface area contributed by atoms with Gasteiger partial charge in [0, 0.05) is 6.42 Å². The summed E-state index contributed by atoms with van der Waals surface area (Å²) in [5.74, 6) is 0. The van der Waals surface area contributed by atoms with Gasteiger partial charge in [-0.25, -0.2) is 0 Å². The van der Waals surface area contributed by atoms with Crippen molar-refractivity contribution in [3.8, 4) is 0 Å². The number of hydrogen-bond acceptors (Lipinski definition) is 1. The first-order valence-corrected chi connectivity index (χ1v) is 7.50. The molecule has 0 atom stereocenters. The molecule has 0 radical (unpaired) electrons. The molecule has 0 heterocycles. The smallest absolute Gasteiger partial charge is 0.123 e. The van der Waals surface area contributed by atoms with Gasteiger partial charge in [-0.3, -0.25) is 0 Å². The molecule has 1 heteroatoms. The van der Waals surface area contributed by atoms with Crippen molar-refractivity contribution in [2.75, 3.05) is 0 Å². The minimum Gasteiger partial charge on any atom is -0.303 e. The lowest BCUT2D eigenvalue weighted by atomic mass is 10.1. The van der Waals surface area contributed by atoms with E-state index in [1.54, 1.807) is 0 Å². The third-order valence-corrected chi connectivity index (χ3v) is 3.12. The zero-order chi connectivity index (χ0) is 12.6. The van der Waals surface area contributed by atoms with Gasteiger partial charge in [0.15, 0.2) is 0 Å². The van der Waals surface area contributed by atoms with Gasteiger partial charge < -0.3 is 4.79 Å². The lowest BCUT2D eigenvalue weighted by molar-refractivity contribution is -0.107. The molecule has 0 spiro atoms. The fourth-order valence-corrected chi connectivity index (χ4v) is 2.02. The molecular weight excluding hydrogens is 208 g/mol. The second-order valence-corrected chi connectivity index (χ2v) is 4.84. The van der Waals surface area contributed by atoms with Gasteiger partial charge >= 0.3 is 0 Å². The van der Waals surface area contributed by atoms with Crippen LogP contribution in [0.1, 0.15) is 84.0 Å². The molecule has 0 fully saturated rings. The summed E-state index contributed by atoms with van der Waals surface area (Å²) in [7, 11) is 0. The Bertz CT molecular complexity index is 172. The molecule has 0 aliphatic heterocycles. The van der Waals surface area contributed by atoms with Crippen LogP contribution in [-0.4, -0.2) is 6.29 Å². The number of carbonyl (C=O) groups is 1. The predicted molar refractivity (Wildman–Crippen MR) is 76.3 cm³/mol. The van der Waals surface area contributed by atoms with Crippen molar-refractivity contribution in [2.45, 2.75) is 84.0 Å². The van der Waals surface area contributed by atoms with Crippen LogP contribution >= 0.6 is 0 Å². The molecule has 0 rings (SSSR count). The van der Waals surface area contributed by atoms with E-state index < -0.39 is 0 Å². The van der Waals surface area contributed by atoms with Gasteiger partial charge in [0.25, 0.3) is 0 Å². The van der Waals surface area contributed by atoms with Crippen LogP contribution in [0, 0.1) is 0 Å². The van der Waals surface area contributed by atoms with E-state index in [-0.39, 0.29) is 0 Å². The van der Waals surface area contributed by atoms with Crippen molar-refractivity contribution in [1.82, 2.24) is 0 Å². The van der Waals surface area contributed by atoms with Gasteiger partial charge in [-0.15, -0.1) is 0 Å². The van der Waals surface area contributed by atoms with E-state index in [0.717, 1.165) is 12.7 Å². The van der Waals surface area contributed by atoms with E-state index in [1.165, 1.54) is 64.2 Å². The van der Waals surface area contributed by atoms with Crippen molar-refractivity contribution in [3.05, 3.63) is 12.2 Å². The number of unbranched alkanes of at least 4 members (excludes halogenated alkanes) is 10. The highest BCUT2D eigenvalue weighted by Crippen LogP contribution is 2.11. The molecule has 0 aliphatic rings. The predicted octanol–water partition coefficient (Wildman–Crippen LogP) is 5.44. The van der Waals surface area contributed by atoms with Crippen molar-refractivity contribution < 1.29 is 4.79 Å². The van der Waals surface area contributed by atoms with Gasteiger partial charge in [0.05, 0.1) is 0 Å². The van der Waals surface area contributed by atoms with E-state index in [9.17, 15) is 4.79 Å². The summed E-state index contributed by atoms with van der Waals surface area (Å²) in [4.78, 5) is 10.1. The third kappa shape index (κ3) is 15.4. The van der Waals surface area contributed by atoms with E-state index in [1.807, 2.05) is 6.08 Å². The molecule has 0 unspecified atom stereocenters. The highest BCUT2D eigenvalue weighted by atomic mass is 16.1. The maximum Gasteiger partial charge on any atom is 0.123 e. The summed E-state index contributed by atoms with van der Waals surface area (Å²) in [6.45, 7) is 2.27. The lowest BCUT2D eigenvalue weighted by Gasteiger charge is -2.01. The van der Waals surface area contributed by atoms with Crippen LogP contribution < -0.4 is 0 Å². The lowest BCUT2D eigenvalue weighted by Crippen LogP contribution is -1.81. The summed E-state index contributed by atoms with van der Waals surface area (Å²) in [6, 6.07) is 0. The van der Waals surface area contributed by atoms with Gasteiger partial charge in [-0.2, -0.15) is 0 Å². The molecule has 0 saturated carbocycles. The SMILES string of the molecule is CCCCCCCCCCCC/C=C/CC=O. The molecule has 0 saturated heterocycles. The Morgan fingerprint density at radius 1 is 0.706 bits per heavy atom. The Labute approximate surface area is 108 Å². The van der Waals surface area contributed by atoms with E-state index in [0.29, 0.717) is 6.42 Å². The summed E-state index contributed by atoms with van der Waals surface area (Å²) >= 11 is 0. The largest absolute Gasteiger partial charge is 0.303 e. The first kappa shape index (κ1) is 16.4. The Kier molecular flexibility index (Phi) is 14.9. The van der Waals surface area contributed by atoms with Crippen LogP contribution in [0.4, 0.5) is 0 Å². The van der Waals surface area contributed by atoms with Gasteiger partial charge in [-0.05, 0) is 12.8 Å². The van der Waals surface area contributed by atoms with Gasteiger partial charge in [0.1, 0.15) is 6.29 Å². The summed E-state index contributed by atoms with van der Waals surface area (Å²) in [5.41, 5.74) is 0. The second kappa shape index (κ2) is 15.4. The summed E-state index contributed by atoms with van der Waals surface area (Å²) < 4.78 is 0. The minimum atomic E-state index is 0.581. The molecule has 0 amide bonds. The molecule has 0 N–H and O–H groups in total. The number of aldehydes is 1. The highest BCUT2D eigenvalue weighted by Gasteiger charge is 1.91. The highest BCUT2D eigenvalue weighted by molar-refractivity contribution is 5.51. The number of carbonyl (C=O) groups excluding carboxylic acids is 1. The van der Waals surface area contributed by atoms with Crippen LogP contribution in [0.2, 0.25) is 0 Å². The molecule has 0 aromatic rings. The Morgan fingerprint density at radius 2 is 1.24 bits per heavy atom. The van der Waals surface area contributed by atoms with Crippen LogP contribution in [0.5, 0.6) is 0 Å². The molecular formula is C16H30O. The van der Waals surface area contributed by atoms with Gasteiger partial charge in [0.2, 0.25) is 0 Å². The zero-order valence-electron chi connectivity index (χ0n) is 11.6. The molecule has 1 nitrogen and oxygen atoms in total. The van der Waals surface area contributed by atoms with E-state index in [2.05, 4.69) is 13.0 Å². The Morgan fingerprint density at radius 3 is 1.76 bits per heavy atom. The number of allylic oxidation sites excluding steroid dienone is 2. The average molecular weight is 238 g/mol. The minimum absolute atomic E-state index is 0.581. The monoisotopic (exact) mass is 238 g/mol. The quantitative estimate of drug-likeness (QED) is 0.237. The van der Waals surface area contributed by atoms with Gasteiger partial charge in [-0.1, -0.05) is 76.9 Å². The standard InChI is InChI=1S/C16H30O/c1-2-3-4-5-6-7-8-9-10-11-12-13-14-15-16-17/h13-14,16H,2-12,15H2,1H3/b14-13+. The maximum atomic E-state index is 10.1. The van der Waals surface area contributed by atoms with E-state index >= 15 is 0 Å². The Hall–Kier alpha value is -0.590. The average Bonchev–Trinajstić information content (AvgIpc) is 2.35.